The van der Waals surface area contributed by atoms with Crippen molar-refractivity contribution in [3.8, 4) is 0 Å². The molecule has 1 fully saturated rings. The van der Waals surface area contributed by atoms with Crippen molar-refractivity contribution in [2.45, 2.75) is 63.7 Å². The molecule has 0 bridgehead atoms. The van der Waals surface area contributed by atoms with Gasteiger partial charge in [-0.25, -0.2) is 0 Å². The molecule has 0 aromatic heterocycles. The number of unbranched alkanes of at least 4 members (excludes halogenated alkanes) is 1. The largest absolute Gasteiger partial charge is 0.388 e. The molecular formula is C14H29NO3. The van der Waals surface area contributed by atoms with Crippen LogP contribution in [0.15, 0.2) is 0 Å². The zero-order valence-corrected chi connectivity index (χ0v) is 11.9. The second-order valence-corrected chi connectivity index (χ2v) is 5.18. The third-order valence-corrected chi connectivity index (χ3v) is 3.56. The van der Waals surface area contributed by atoms with Gasteiger partial charge in [-0.15, -0.1) is 0 Å². The Morgan fingerprint density at radius 3 is 2.56 bits per heavy atom. The molecule has 1 rings (SSSR count). The number of aliphatic hydroxyl groups excluding tert-OH is 1. The topological polar surface area (TPSA) is 50.7 Å². The molecule has 1 unspecified atom stereocenters. The second-order valence-electron chi connectivity index (χ2n) is 5.18. The normalized spacial score (nSPS) is 26.2. The lowest BCUT2D eigenvalue weighted by atomic mass is 9.93. The van der Waals surface area contributed by atoms with Crippen LogP contribution in [0.25, 0.3) is 0 Å². The van der Waals surface area contributed by atoms with E-state index >= 15 is 0 Å². The predicted molar refractivity (Wildman–Crippen MR) is 72.8 cm³/mol. The Balaban J connectivity index is 1.99. The number of hydrogen-bond donors (Lipinski definition) is 2. The maximum atomic E-state index is 9.71. The zero-order chi connectivity index (χ0) is 13.2. The molecule has 0 spiro atoms. The minimum Gasteiger partial charge on any atom is -0.388 e. The number of nitrogens with one attached hydrogen (secondary N) is 1. The van der Waals surface area contributed by atoms with E-state index in [9.17, 15) is 5.11 Å². The SMILES string of the molecule is CCCCOCC(O)COC1CCC(NC)CC1. The summed E-state index contributed by atoms with van der Waals surface area (Å²) in [6.45, 7) is 3.66. The summed E-state index contributed by atoms with van der Waals surface area (Å²) in [5.74, 6) is 0. The monoisotopic (exact) mass is 259 g/mol. The molecule has 108 valence electrons. The molecule has 4 nitrogen and oxygen atoms in total. The Morgan fingerprint density at radius 1 is 1.22 bits per heavy atom. The summed E-state index contributed by atoms with van der Waals surface area (Å²) >= 11 is 0. The molecule has 0 radical (unpaired) electrons. The minimum absolute atomic E-state index is 0.319. The Hall–Kier alpha value is -0.160. The van der Waals surface area contributed by atoms with Crippen LogP contribution in [-0.4, -0.2) is 50.2 Å². The van der Waals surface area contributed by atoms with E-state index in [-0.39, 0.29) is 0 Å². The third kappa shape index (κ3) is 6.69. The van der Waals surface area contributed by atoms with Crippen molar-refractivity contribution < 1.29 is 14.6 Å². The van der Waals surface area contributed by atoms with E-state index in [1.807, 2.05) is 7.05 Å². The molecule has 0 saturated heterocycles. The fraction of sp³-hybridized carbons (Fsp3) is 1.00. The molecule has 4 heteroatoms. The predicted octanol–water partition coefficient (Wildman–Crippen LogP) is 1.71. The van der Waals surface area contributed by atoms with Crippen LogP contribution in [0.3, 0.4) is 0 Å². The summed E-state index contributed by atoms with van der Waals surface area (Å²) in [7, 11) is 2.02. The highest BCUT2D eigenvalue weighted by Crippen LogP contribution is 2.21. The summed E-state index contributed by atoms with van der Waals surface area (Å²) in [5, 5.41) is 13.0. The molecule has 2 N–H and O–H groups in total. The number of hydrogen-bond acceptors (Lipinski definition) is 4. The molecule has 1 saturated carbocycles. The average molecular weight is 259 g/mol. The Kier molecular flexibility index (Phi) is 8.59. The van der Waals surface area contributed by atoms with Crippen molar-refractivity contribution in [3.63, 3.8) is 0 Å². The van der Waals surface area contributed by atoms with Crippen molar-refractivity contribution in [1.29, 1.82) is 0 Å². The molecule has 1 aliphatic rings. The van der Waals surface area contributed by atoms with E-state index in [0.717, 1.165) is 32.3 Å². The quantitative estimate of drug-likeness (QED) is 0.619. The summed E-state index contributed by atoms with van der Waals surface area (Å²) in [4.78, 5) is 0. The van der Waals surface area contributed by atoms with Crippen molar-refractivity contribution >= 4 is 0 Å². The van der Waals surface area contributed by atoms with Crippen LogP contribution in [0.1, 0.15) is 45.4 Å². The van der Waals surface area contributed by atoms with Crippen LogP contribution in [0.4, 0.5) is 0 Å². The van der Waals surface area contributed by atoms with Crippen LogP contribution >= 0.6 is 0 Å². The van der Waals surface area contributed by atoms with E-state index in [2.05, 4.69) is 12.2 Å². The minimum atomic E-state index is -0.483. The van der Waals surface area contributed by atoms with Crippen LogP contribution in [0.5, 0.6) is 0 Å². The lowest BCUT2D eigenvalue weighted by molar-refractivity contribution is -0.0547. The Morgan fingerprint density at radius 2 is 1.94 bits per heavy atom. The molecule has 0 heterocycles. The smallest absolute Gasteiger partial charge is 0.101 e. The molecule has 0 aromatic carbocycles. The number of ether oxygens (including phenoxy) is 2. The first-order valence-electron chi connectivity index (χ1n) is 7.31. The van der Waals surface area contributed by atoms with Crippen molar-refractivity contribution in [1.82, 2.24) is 5.32 Å². The summed E-state index contributed by atoms with van der Waals surface area (Å²) in [5.41, 5.74) is 0. The molecule has 0 aliphatic heterocycles. The summed E-state index contributed by atoms with van der Waals surface area (Å²) < 4.78 is 11.1. The van der Waals surface area contributed by atoms with Gasteiger partial charge in [-0.1, -0.05) is 13.3 Å². The van der Waals surface area contributed by atoms with Gasteiger partial charge in [0.15, 0.2) is 0 Å². The average Bonchev–Trinajstić information content (AvgIpc) is 2.42. The molecule has 1 aliphatic carbocycles. The van der Waals surface area contributed by atoms with Crippen molar-refractivity contribution in [2.24, 2.45) is 0 Å². The van der Waals surface area contributed by atoms with Crippen molar-refractivity contribution in [2.75, 3.05) is 26.9 Å². The third-order valence-electron chi connectivity index (χ3n) is 3.56. The van der Waals surface area contributed by atoms with Gasteiger partial charge in [-0.3, -0.25) is 0 Å². The molecular weight excluding hydrogens is 230 g/mol. The molecule has 0 aromatic rings. The van der Waals surface area contributed by atoms with Gasteiger partial charge in [-0.05, 0) is 39.2 Å². The number of aliphatic hydroxyl groups is 1. The maximum Gasteiger partial charge on any atom is 0.101 e. The van der Waals surface area contributed by atoms with Crippen molar-refractivity contribution in [3.05, 3.63) is 0 Å². The van der Waals surface area contributed by atoms with Gasteiger partial charge < -0.3 is 19.9 Å². The first-order chi connectivity index (χ1) is 8.76. The van der Waals surface area contributed by atoms with Crippen LogP contribution in [0, 0.1) is 0 Å². The first kappa shape index (κ1) is 15.9. The molecule has 18 heavy (non-hydrogen) atoms. The van der Waals surface area contributed by atoms with Gasteiger partial charge in [0.1, 0.15) is 6.10 Å². The van der Waals surface area contributed by atoms with E-state index in [0.29, 0.717) is 25.4 Å². The standard InChI is InChI=1S/C14H29NO3/c1-3-4-9-17-10-13(16)11-18-14-7-5-12(15-2)6-8-14/h12-16H,3-11H2,1-2H3. The fourth-order valence-corrected chi connectivity index (χ4v) is 2.28. The summed E-state index contributed by atoms with van der Waals surface area (Å²) in [6, 6.07) is 0.646. The van der Waals surface area contributed by atoms with Crippen LogP contribution in [-0.2, 0) is 9.47 Å². The molecule has 0 amide bonds. The van der Waals surface area contributed by atoms with Gasteiger partial charge in [0, 0.05) is 12.6 Å². The van der Waals surface area contributed by atoms with Gasteiger partial charge in [0.05, 0.1) is 19.3 Å². The number of rotatable bonds is 9. The lowest BCUT2D eigenvalue weighted by Gasteiger charge is -2.28. The van der Waals surface area contributed by atoms with Gasteiger partial charge >= 0.3 is 0 Å². The highest BCUT2D eigenvalue weighted by Gasteiger charge is 2.21. The summed E-state index contributed by atoms with van der Waals surface area (Å²) in [6.07, 6.45) is 6.55. The van der Waals surface area contributed by atoms with E-state index in [1.54, 1.807) is 0 Å². The van der Waals surface area contributed by atoms with Gasteiger partial charge in [0.25, 0.3) is 0 Å². The second kappa shape index (κ2) is 9.73. The van der Waals surface area contributed by atoms with E-state index in [4.69, 9.17) is 9.47 Å². The highest BCUT2D eigenvalue weighted by atomic mass is 16.5. The lowest BCUT2D eigenvalue weighted by Crippen LogP contribution is -2.34. The van der Waals surface area contributed by atoms with Crippen LogP contribution in [0.2, 0.25) is 0 Å². The van der Waals surface area contributed by atoms with E-state index in [1.165, 1.54) is 12.8 Å². The van der Waals surface area contributed by atoms with E-state index < -0.39 is 6.10 Å². The zero-order valence-electron chi connectivity index (χ0n) is 11.9. The maximum absolute atomic E-state index is 9.71. The highest BCUT2D eigenvalue weighted by molar-refractivity contribution is 4.76. The van der Waals surface area contributed by atoms with Crippen LogP contribution < -0.4 is 5.32 Å². The van der Waals surface area contributed by atoms with Gasteiger partial charge in [-0.2, -0.15) is 0 Å². The Labute approximate surface area is 111 Å². The molecule has 1 atom stereocenters. The van der Waals surface area contributed by atoms with Gasteiger partial charge in [0.2, 0.25) is 0 Å². The fourth-order valence-electron chi connectivity index (χ4n) is 2.28. The Bertz CT molecular complexity index is 193. The first-order valence-corrected chi connectivity index (χ1v) is 7.31.